The first kappa shape index (κ1) is 14.2. The molecule has 4 nitrogen and oxygen atoms in total. The summed E-state index contributed by atoms with van der Waals surface area (Å²) >= 11 is 0. The maximum absolute atomic E-state index is 12.4. The van der Waals surface area contributed by atoms with Gasteiger partial charge in [0.1, 0.15) is 0 Å². The van der Waals surface area contributed by atoms with Crippen molar-refractivity contribution in [3.05, 3.63) is 35.9 Å². The van der Waals surface area contributed by atoms with Crippen LogP contribution in [-0.4, -0.2) is 53.7 Å². The average molecular weight is 263 g/mol. The van der Waals surface area contributed by atoms with Crippen LogP contribution in [-0.2, 0) is 4.74 Å². The molecule has 0 radical (unpaired) electrons. The summed E-state index contributed by atoms with van der Waals surface area (Å²) in [6, 6.07) is 9.14. The minimum atomic E-state index is -0.199. The lowest BCUT2D eigenvalue weighted by Gasteiger charge is -2.38. The van der Waals surface area contributed by atoms with Crippen LogP contribution in [0.4, 0.5) is 0 Å². The Morgan fingerprint density at radius 1 is 1.42 bits per heavy atom. The van der Waals surface area contributed by atoms with Gasteiger partial charge in [-0.1, -0.05) is 30.3 Å². The summed E-state index contributed by atoms with van der Waals surface area (Å²) in [6.45, 7) is 5.19. The van der Waals surface area contributed by atoms with Gasteiger partial charge in [0.15, 0.2) is 5.78 Å². The van der Waals surface area contributed by atoms with Gasteiger partial charge in [0.2, 0.25) is 0 Å². The monoisotopic (exact) mass is 263 g/mol. The molecule has 1 fully saturated rings. The highest BCUT2D eigenvalue weighted by atomic mass is 16.5. The van der Waals surface area contributed by atoms with E-state index in [9.17, 15) is 9.90 Å². The Kier molecular flexibility index (Phi) is 4.69. The van der Waals surface area contributed by atoms with E-state index in [0.717, 1.165) is 12.1 Å². The number of rotatable bonds is 4. The second-order valence-corrected chi connectivity index (χ2v) is 5.11. The fourth-order valence-electron chi connectivity index (χ4n) is 2.51. The number of hydrogen-bond donors (Lipinski definition) is 1. The van der Waals surface area contributed by atoms with E-state index in [2.05, 4.69) is 4.90 Å². The first-order valence-corrected chi connectivity index (χ1v) is 6.71. The molecule has 1 aromatic carbocycles. The van der Waals surface area contributed by atoms with Gasteiger partial charge in [0.25, 0.3) is 0 Å². The highest BCUT2D eigenvalue weighted by molar-refractivity contribution is 5.99. The third-order valence-electron chi connectivity index (χ3n) is 3.54. The van der Waals surface area contributed by atoms with Gasteiger partial charge in [-0.25, -0.2) is 0 Å². The Balaban J connectivity index is 2.06. The normalized spacial score (nSPS) is 26.1. The SMILES string of the molecule is CC1CN(C(C)C(=O)c2ccccc2)CC(CO)O1. The Labute approximate surface area is 114 Å². The van der Waals surface area contributed by atoms with E-state index in [0.29, 0.717) is 6.54 Å². The third kappa shape index (κ3) is 3.41. The number of hydrogen-bond acceptors (Lipinski definition) is 4. The maximum atomic E-state index is 12.4. The number of benzene rings is 1. The number of carbonyl (C=O) groups excluding carboxylic acids is 1. The molecule has 19 heavy (non-hydrogen) atoms. The fourth-order valence-corrected chi connectivity index (χ4v) is 2.51. The minimum absolute atomic E-state index is 0.00686. The van der Waals surface area contributed by atoms with Crippen LogP contribution < -0.4 is 0 Å². The van der Waals surface area contributed by atoms with Crippen molar-refractivity contribution in [3.8, 4) is 0 Å². The predicted octanol–water partition coefficient (Wildman–Crippen LogP) is 1.34. The van der Waals surface area contributed by atoms with Crippen LogP contribution in [0.5, 0.6) is 0 Å². The fraction of sp³-hybridized carbons (Fsp3) is 0.533. The lowest BCUT2D eigenvalue weighted by atomic mass is 10.0. The van der Waals surface area contributed by atoms with Crippen LogP contribution in [0.2, 0.25) is 0 Å². The molecule has 0 aromatic heterocycles. The van der Waals surface area contributed by atoms with Crippen LogP contribution in [0.1, 0.15) is 24.2 Å². The lowest BCUT2D eigenvalue weighted by molar-refractivity contribution is -0.100. The molecule has 104 valence electrons. The Bertz CT molecular complexity index is 421. The second kappa shape index (κ2) is 6.28. The van der Waals surface area contributed by atoms with Crippen LogP contribution in [0.25, 0.3) is 0 Å². The average Bonchev–Trinajstić information content (AvgIpc) is 2.46. The van der Waals surface area contributed by atoms with Crippen molar-refractivity contribution in [2.45, 2.75) is 32.1 Å². The van der Waals surface area contributed by atoms with Crippen molar-refractivity contribution < 1.29 is 14.6 Å². The third-order valence-corrected chi connectivity index (χ3v) is 3.54. The van der Waals surface area contributed by atoms with Crippen molar-refractivity contribution in [3.63, 3.8) is 0 Å². The van der Waals surface area contributed by atoms with E-state index in [4.69, 9.17) is 4.74 Å². The summed E-state index contributed by atoms with van der Waals surface area (Å²) in [5.41, 5.74) is 0.731. The number of carbonyl (C=O) groups is 1. The molecule has 0 aliphatic carbocycles. The number of nitrogens with zero attached hydrogens (tertiary/aromatic N) is 1. The summed E-state index contributed by atoms with van der Waals surface area (Å²) < 4.78 is 5.60. The molecule has 3 atom stereocenters. The van der Waals surface area contributed by atoms with E-state index in [1.807, 2.05) is 44.2 Å². The van der Waals surface area contributed by atoms with E-state index >= 15 is 0 Å². The van der Waals surface area contributed by atoms with Gasteiger partial charge >= 0.3 is 0 Å². The zero-order valence-electron chi connectivity index (χ0n) is 11.5. The quantitative estimate of drug-likeness (QED) is 0.833. The molecule has 0 bridgehead atoms. The molecule has 0 spiro atoms. The second-order valence-electron chi connectivity index (χ2n) is 5.11. The van der Waals surface area contributed by atoms with Crippen molar-refractivity contribution in [2.75, 3.05) is 19.7 Å². The number of Topliss-reactive ketones (excluding diaryl/α,β-unsaturated/α-hetero) is 1. The molecule has 4 heteroatoms. The minimum Gasteiger partial charge on any atom is -0.394 e. The molecule has 1 N–H and O–H groups in total. The highest BCUT2D eigenvalue weighted by Crippen LogP contribution is 2.16. The van der Waals surface area contributed by atoms with Crippen LogP contribution in [0.15, 0.2) is 30.3 Å². The smallest absolute Gasteiger partial charge is 0.179 e. The largest absolute Gasteiger partial charge is 0.394 e. The van der Waals surface area contributed by atoms with E-state index in [1.54, 1.807) is 0 Å². The molecule has 0 saturated carbocycles. The highest BCUT2D eigenvalue weighted by Gasteiger charge is 2.31. The van der Waals surface area contributed by atoms with Gasteiger partial charge in [-0.2, -0.15) is 0 Å². The molecule has 1 aliphatic heterocycles. The van der Waals surface area contributed by atoms with Crippen molar-refractivity contribution in [1.29, 1.82) is 0 Å². The number of aliphatic hydroxyl groups excluding tert-OH is 1. The van der Waals surface area contributed by atoms with Gasteiger partial charge in [0.05, 0.1) is 24.9 Å². The summed E-state index contributed by atoms with van der Waals surface area (Å²) in [5.74, 6) is 0.117. The van der Waals surface area contributed by atoms with Gasteiger partial charge < -0.3 is 9.84 Å². The Hall–Kier alpha value is -1.23. The zero-order chi connectivity index (χ0) is 13.8. The molecule has 1 aliphatic rings. The van der Waals surface area contributed by atoms with E-state index < -0.39 is 0 Å². The maximum Gasteiger partial charge on any atom is 0.179 e. The van der Waals surface area contributed by atoms with Crippen LogP contribution in [0, 0.1) is 0 Å². The van der Waals surface area contributed by atoms with Crippen molar-refractivity contribution in [2.24, 2.45) is 0 Å². The van der Waals surface area contributed by atoms with E-state index in [-0.39, 0.29) is 30.6 Å². The summed E-state index contributed by atoms with van der Waals surface area (Å²) in [7, 11) is 0. The molecular formula is C15H21NO3. The Morgan fingerprint density at radius 3 is 2.74 bits per heavy atom. The number of ether oxygens (including phenoxy) is 1. The molecule has 3 unspecified atom stereocenters. The van der Waals surface area contributed by atoms with Gasteiger partial charge in [-0.05, 0) is 13.8 Å². The van der Waals surface area contributed by atoms with Gasteiger partial charge in [-0.3, -0.25) is 9.69 Å². The molecule has 1 aromatic rings. The molecule has 0 amide bonds. The number of aliphatic hydroxyl groups is 1. The lowest BCUT2D eigenvalue weighted by Crippen LogP contribution is -2.53. The summed E-state index contributed by atoms with van der Waals surface area (Å²) in [5, 5.41) is 9.23. The standard InChI is InChI=1S/C15H21NO3/c1-11-8-16(9-14(10-17)19-11)12(2)15(18)13-6-4-3-5-7-13/h3-7,11-12,14,17H,8-10H2,1-2H3. The van der Waals surface area contributed by atoms with E-state index in [1.165, 1.54) is 0 Å². The first-order chi connectivity index (χ1) is 9.11. The van der Waals surface area contributed by atoms with Gasteiger partial charge in [0, 0.05) is 18.7 Å². The number of morpholine rings is 1. The molecular weight excluding hydrogens is 242 g/mol. The van der Waals surface area contributed by atoms with Crippen LogP contribution in [0.3, 0.4) is 0 Å². The molecule has 2 rings (SSSR count). The summed E-state index contributed by atoms with van der Waals surface area (Å²) in [6.07, 6.45) is -0.160. The zero-order valence-corrected chi connectivity index (χ0v) is 11.5. The molecule has 1 saturated heterocycles. The topological polar surface area (TPSA) is 49.8 Å². The summed E-state index contributed by atoms with van der Waals surface area (Å²) in [4.78, 5) is 14.5. The molecule has 1 heterocycles. The Morgan fingerprint density at radius 2 is 2.11 bits per heavy atom. The first-order valence-electron chi connectivity index (χ1n) is 6.71. The van der Waals surface area contributed by atoms with Crippen molar-refractivity contribution >= 4 is 5.78 Å². The predicted molar refractivity (Wildman–Crippen MR) is 73.2 cm³/mol. The van der Waals surface area contributed by atoms with Crippen molar-refractivity contribution in [1.82, 2.24) is 4.90 Å². The van der Waals surface area contributed by atoms with Gasteiger partial charge in [-0.15, -0.1) is 0 Å². The number of ketones is 1. The van der Waals surface area contributed by atoms with Crippen LogP contribution >= 0.6 is 0 Å².